The number of methoxy groups -OCH3 is 1. The number of carbonyl (C=O) groups is 2. The first-order valence-electron chi connectivity index (χ1n) is 9.98. The van der Waals surface area contributed by atoms with E-state index >= 15 is 0 Å². The first-order chi connectivity index (χ1) is 14.0. The molecule has 0 unspecified atom stereocenters. The Hall–Kier alpha value is -3.02. The van der Waals surface area contributed by atoms with Crippen molar-refractivity contribution in [3.63, 3.8) is 0 Å². The average molecular weight is 396 g/mol. The third-order valence-corrected chi connectivity index (χ3v) is 5.00. The fraction of sp³-hybridized carbons (Fsp3) is 0.391. The normalized spacial score (nSPS) is 14.6. The van der Waals surface area contributed by atoms with Crippen molar-refractivity contribution in [3.8, 4) is 11.5 Å². The lowest BCUT2D eigenvalue weighted by atomic mass is 9.95. The minimum Gasteiger partial charge on any atom is -0.497 e. The van der Waals surface area contributed by atoms with Crippen molar-refractivity contribution < 1.29 is 19.1 Å². The van der Waals surface area contributed by atoms with Gasteiger partial charge in [-0.25, -0.2) is 0 Å². The number of likely N-dealkylation sites (tertiary alicyclic amines) is 1. The van der Waals surface area contributed by atoms with Crippen LogP contribution in [0.1, 0.15) is 37.0 Å². The highest BCUT2D eigenvalue weighted by molar-refractivity contribution is 5.96. The predicted octanol–water partition coefficient (Wildman–Crippen LogP) is 3.97. The molecule has 0 radical (unpaired) electrons. The Bertz CT molecular complexity index is 840. The van der Waals surface area contributed by atoms with E-state index in [0.29, 0.717) is 42.9 Å². The molecular formula is C23H28N2O4. The standard InChI is InChI=1S/C23H28N2O4/c1-16(2)29-21-7-5-4-6-20(21)24-22(26)17-12-14-25(15-13-17)23(27)18-8-10-19(28-3)11-9-18/h4-11,16-17H,12-15H2,1-3H3,(H,24,26). The zero-order chi connectivity index (χ0) is 20.8. The lowest BCUT2D eigenvalue weighted by Crippen LogP contribution is -2.41. The lowest BCUT2D eigenvalue weighted by Gasteiger charge is -2.31. The molecule has 1 fully saturated rings. The number of nitrogens with zero attached hydrogens (tertiary/aromatic N) is 1. The monoisotopic (exact) mass is 396 g/mol. The molecule has 3 rings (SSSR count). The number of amides is 2. The van der Waals surface area contributed by atoms with Crippen LogP contribution >= 0.6 is 0 Å². The highest BCUT2D eigenvalue weighted by Gasteiger charge is 2.28. The molecule has 2 amide bonds. The summed E-state index contributed by atoms with van der Waals surface area (Å²) < 4.78 is 10.9. The van der Waals surface area contributed by atoms with Gasteiger partial charge in [-0.15, -0.1) is 0 Å². The van der Waals surface area contributed by atoms with Gasteiger partial charge in [0, 0.05) is 24.6 Å². The molecular weight excluding hydrogens is 368 g/mol. The third-order valence-electron chi connectivity index (χ3n) is 5.00. The molecule has 0 saturated carbocycles. The fourth-order valence-electron chi connectivity index (χ4n) is 3.42. The van der Waals surface area contributed by atoms with Crippen LogP contribution in [0.25, 0.3) is 0 Å². The number of para-hydroxylation sites is 2. The van der Waals surface area contributed by atoms with Gasteiger partial charge in [-0.2, -0.15) is 0 Å². The molecule has 1 saturated heterocycles. The van der Waals surface area contributed by atoms with Crippen LogP contribution in [0.3, 0.4) is 0 Å². The van der Waals surface area contributed by atoms with Crippen LogP contribution in [0, 0.1) is 5.92 Å². The number of hydrogen-bond acceptors (Lipinski definition) is 4. The number of piperidine rings is 1. The van der Waals surface area contributed by atoms with Crippen molar-refractivity contribution in [1.29, 1.82) is 0 Å². The molecule has 2 aromatic rings. The molecule has 29 heavy (non-hydrogen) atoms. The molecule has 1 N–H and O–H groups in total. The van der Waals surface area contributed by atoms with E-state index in [1.54, 1.807) is 36.3 Å². The number of hydrogen-bond donors (Lipinski definition) is 1. The summed E-state index contributed by atoms with van der Waals surface area (Å²) in [6.07, 6.45) is 1.31. The highest BCUT2D eigenvalue weighted by atomic mass is 16.5. The SMILES string of the molecule is COc1ccc(C(=O)N2CCC(C(=O)Nc3ccccc3OC(C)C)CC2)cc1. The average Bonchev–Trinajstić information content (AvgIpc) is 2.74. The minimum absolute atomic E-state index is 0.0119. The molecule has 0 atom stereocenters. The van der Waals surface area contributed by atoms with E-state index in [9.17, 15) is 9.59 Å². The second kappa shape index (κ2) is 9.45. The molecule has 6 nitrogen and oxygen atoms in total. The Balaban J connectivity index is 1.56. The number of nitrogens with one attached hydrogen (secondary N) is 1. The second-order valence-corrected chi connectivity index (χ2v) is 7.45. The molecule has 6 heteroatoms. The van der Waals surface area contributed by atoms with Crippen LogP contribution in [0.2, 0.25) is 0 Å². The summed E-state index contributed by atoms with van der Waals surface area (Å²) in [5.41, 5.74) is 1.32. The maximum Gasteiger partial charge on any atom is 0.253 e. The van der Waals surface area contributed by atoms with Gasteiger partial charge in [0.2, 0.25) is 5.91 Å². The summed E-state index contributed by atoms with van der Waals surface area (Å²) in [4.78, 5) is 27.2. The van der Waals surface area contributed by atoms with Crippen molar-refractivity contribution in [2.45, 2.75) is 32.8 Å². The van der Waals surface area contributed by atoms with Crippen molar-refractivity contribution >= 4 is 17.5 Å². The Kier molecular flexibility index (Phi) is 6.75. The number of benzene rings is 2. The lowest BCUT2D eigenvalue weighted by molar-refractivity contribution is -0.121. The van der Waals surface area contributed by atoms with Gasteiger partial charge in [-0.1, -0.05) is 12.1 Å². The van der Waals surface area contributed by atoms with E-state index in [0.717, 1.165) is 5.75 Å². The van der Waals surface area contributed by atoms with Crippen LogP contribution in [0.15, 0.2) is 48.5 Å². The molecule has 0 spiro atoms. The van der Waals surface area contributed by atoms with Crippen molar-refractivity contribution in [2.75, 3.05) is 25.5 Å². The van der Waals surface area contributed by atoms with E-state index in [-0.39, 0.29) is 23.8 Å². The third kappa shape index (κ3) is 5.28. The van der Waals surface area contributed by atoms with Gasteiger partial charge in [0.05, 0.1) is 18.9 Å². The van der Waals surface area contributed by atoms with Gasteiger partial charge in [0.25, 0.3) is 5.91 Å². The van der Waals surface area contributed by atoms with Crippen molar-refractivity contribution in [1.82, 2.24) is 4.90 Å². The van der Waals surface area contributed by atoms with Crippen LogP contribution in [-0.4, -0.2) is 43.0 Å². The van der Waals surface area contributed by atoms with E-state index in [1.807, 2.05) is 38.1 Å². The Morgan fingerprint density at radius 2 is 1.69 bits per heavy atom. The zero-order valence-electron chi connectivity index (χ0n) is 17.2. The van der Waals surface area contributed by atoms with Crippen LogP contribution in [-0.2, 0) is 4.79 Å². The molecule has 0 aliphatic carbocycles. The first kappa shape index (κ1) is 20.7. The number of rotatable bonds is 6. The Labute approximate surface area is 171 Å². The second-order valence-electron chi connectivity index (χ2n) is 7.45. The van der Waals surface area contributed by atoms with Gasteiger partial charge < -0.3 is 19.7 Å². The van der Waals surface area contributed by atoms with Gasteiger partial charge >= 0.3 is 0 Å². The number of anilines is 1. The van der Waals surface area contributed by atoms with Crippen LogP contribution in [0.5, 0.6) is 11.5 Å². The van der Waals surface area contributed by atoms with Gasteiger partial charge in [-0.3, -0.25) is 9.59 Å². The largest absolute Gasteiger partial charge is 0.497 e. The minimum atomic E-state index is -0.123. The van der Waals surface area contributed by atoms with E-state index < -0.39 is 0 Å². The topological polar surface area (TPSA) is 67.9 Å². The Morgan fingerprint density at radius 1 is 1.03 bits per heavy atom. The summed E-state index contributed by atoms with van der Waals surface area (Å²) in [5, 5.41) is 2.99. The summed E-state index contributed by atoms with van der Waals surface area (Å²) in [5.74, 6) is 1.23. The van der Waals surface area contributed by atoms with E-state index in [4.69, 9.17) is 9.47 Å². The van der Waals surface area contributed by atoms with Crippen LogP contribution in [0.4, 0.5) is 5.69 Å². The first-order valence-corrected chi connectivity index (χ1v) is 9.98. The smallest absolute Gasteiger partial charge is 0.253 e. The van der Waals surface area contributed by atoms with Crippen molar-refractivity contribution in [3.05, 3.63) is 54.1 Å². The predicted molar refractivity (Wildman–Crippen MR) is 112 cm³/mol. The van der Waals surface area contributed by atoms with Crippen molar-refractivity contribution in [2.24, 2.45) is 5.92 Å². The Morgan fingerprint density at radius 3 is 2.31 bits per heavy atom. The highest BCUT2D eigenvalue weighted by Crippen LogP contribution is 2.27. The van der Waals surface area contributed by atoms with Gasteiger partial charge in [0.1, 0.15) is 11.5 Å². The maximum absolute atomic E-state index is 12.7. The summed E-state index contributed by atoms with van der Waals surface area (Å²) >= 11 is 0. The molecule has 2 aromatic carbocycles. The molecule has 1 aliphatic heterocycles. The number of ether oxygens (including phenoxy) is 2. The van der Waals surface area contributed by atoms with E-state index in [1.165, 1.54) is 0 Å². The van der Waals surface area contributed by atoms with Crippen LogP contribution < -0.4 is 14.8 Å². The number of carbonyl (C=O) groups excluding carboxylic acids is 2. The van der Waals surface area contributed by atoms with E-state index in [2.05, 4.69) is 5.32 Å². The van der Waals surface area contributed by atoms with Gasteiger partial charge in [-0.05, 0) is 63.1 Å². The summed E-state index contributed by atoms with van der Waals surface area (Å²) in [6, 6.07) is 14.6. The maximum atomic E-state index is 12.7. The fourth-order valence-corrected chi connectivity index (χ4v) is 3.42. The molecule has 0 aromatic heterocycles. The molecule has 154 valence electrons. The molecule has 0 bridgehead atoms. The summed E-state index contributed by atoms with van der Waals surface area (Å²) in [6.45, 7) is 5.03. The quantitative estimate of drug-likeness (QED) is 0.802. The zero-order valence-corrected chi connectivity index (χ0v) is 17.2. The molecule has 1 heterocycles. The van der Waals surface area contributed by atoms with Gasteiger partial charge in [0.15, 0.2) is 0 Å². The summed E-state index contributed by atoms with van der Waals surface area (Å²) in [7, 11) is 1.60. The molecule has 1 aliphatic rings.